The summed E-state index contributed by atoms with van der Waals surface area (Å²) in [6.07, 6.45) is 1.75. The van der Waals surface area contributed by atoms with Gasteiger partial charge in [-0.2, -0.15) is 0 Å². The van der Waals surface area contributed by atoms with E-state index in [-0.39, 0.29) is 18.7 Å². The Balaban J connectivity index is 2.13. The highest BCUT2D eigenvalue weighted by atomic mass is 16.2. The first-order valence-electron chi connectivity index (χ1n) is 7.69. The Labute approximate surface area is 127 Å². The fourth-order valence-corrected chi connectivity index (χ4v) is 2.79. The number of hydrogen-bond acceptors (Lipinski definition) is 2. The third-order valence-electron chi connectivity index (χ3n) is 3.96. The van der Waals surface area contributed by atoms with E-state index in [0.29, 0.717) is 0 Å². The van der Waals surface area contributed by atoms with Crippen LogP contribution in [0, 0.1) is 6.92 Å². The minimum absolute atomic E-state index is 0.240. The van der Waals surface area contributed by atoms with E-state index in [4.69, 9.17) is 5.11 Å². The smallest absolute Gasteiger partial charge is 0.0431 e. The lowest BCUT2D eigenvalue weighted by Gasteiger charge is -2.25. The van der Waals surface area contributed by atoms with E-state index < -0.39 is 0 Å². The number of rotatable bonds is 7. The predicted molar refractivity (Wildman–Crippen MR) is 88.2 cm³/mol. The average Bonchev–Trinajstić information content (AvgIpc) is 2.52. The Morgan fingerprint density at radius 2 is 1.67 bits per heavy atom. The maximum atomic E-state index is 9.13. The zero-order valence-electron chi connectivity index (χ0n) is 12.9. The van der Waals surface area contributed by atoms with Crippen LogP contribution in [0.15, 0.2) is 54.6 Å². The van der Waals surface area contributed by atoms with Crippen LogP contribution in [0.2, 0.25) is 0 Å². The molecule has 0 amide bonds. The van der Waals surface area contributed by atoms with Crippen molar-refractivity contribution >= 4 is 0 Å². The summed E-state index contributed by atoms with van der Waals surface area (Å²) in [6.45, 7) is 4.60. The molecule has 0 radical (unpaired) electrons. The Bertz CT molecular complexity index is 538. The molecule has 2 rings (SSSR count). The second-order valence-electron chi connectivity index (χ2n) is 5.57. The van der Waals surface area contributed by atoms with Crippen LogP contribution in [0.1, 0.15) is 48.5 Å². The molecule has 112 valence electrons. The van der Waals surface area contributed by atoms with Crippen LogP contribution in [-0.4, -0.2) is 11.7 Å². The number of hydrogen-bond donors (Lipinski definition) is 2. The second-order valence-corrected chi connectivity index (χ2v) is 5.57. The summed E-state index contributed by atoms with van der Waals surface area (Å²) >= 11 is 0. The first-order chi connectivity index (χ1) is 10.2. The van der Waals surface area contributed by atoms with Crippen molar-refractivity contribution in [2.24, 2.45) is 0 Å². The second kappa shape index (κ2) is 7.96. The molecule has 0 aromatic heterocycles. The van der Waals surface area contributed by atoms with Crippen LogP contribution < -0.4 is 5.32 Å². The maximum Gasteiger partial charge on any atom is 0.0431 e. The third-order valence-corrected chi connectivity index (χ3v) is 3.96. The summed E-state index contributed by atoms with van der Waals surface area (Å²) in [5, 5.41) is 12.8. The molecule has 2 N–H and O–H groups in total. The highest BCUT2D eigenvalue weighted by molar-refractivity contribution is 5.29. The van der Waals surface area contributed by atoms with Gasteiger partial charge in [-0.3, -0.25) is 0 Å². The number of nitrogens with one attached hydrogen (secondary N) is 1. The molecule has 2 aromatic carbocycles. The van der Waals surface area contributed by atoms with Crippen LogP contribution in [0.25, 0.3) is 0 Å². The van der Waals surface area contributed by atoms with Crippen LogP contribution >= 0.6 is 0 Å². The van der Waals surface area contributed by atoms with Crippen molar-refractivity contribution in [3.05, 3.63) is 71.3 Å². The lowest BCUT2D eigenvalue weighted by atomic mass is 9.97. The molecule has 0 aliphatic carbocycles. The molecule has 0 fully saturated rings. The van der Waals surface area contributed by atoms with Crippen LogP contribution in [-0.2, 0) is 0 Å². The lowest BCUT2D eigenvalue weighted by Crippen LogP contribution is -2.25. The zero-order valence-corrected chi connectivity index (χ0v) is 12.9. The molecular formula is C19H25NO. The average molecular weight is 283 g/mol. The van der Waals surface area contributed by atoms with Gasteiger partial charge in [-0.15, -0.1) is 0 Å². The summed E-state index contributed by atoms with van der Waals surface area (Å²) < 4.78 is 0. The van der Waals surface area contributed by atoms with Crippen LogP contribution in [0.3, 0.4) is 0 Å². The summed E-state index contributed by atoms with van der Waals surface area (Å²) in [5.41, 5.74) is 3.93. The number of benzene rings is 2. The van der Waals surface area contributed by atoms with Gasteiger partial charge >= 0.3 is 0 Å². The van der Waals surface area contributed by atoms with Crippen molar-refractivity contribution in [1.82, 2.24) is 5.32 Å². The summed E-state index contributed by atoms with van der Waals surface area (Å²) in [4.78, 5) is 0. The van der Waals surface area contributed by atoms with Crippen molar-refractivity contribution in [1.29, 1.82) is 0 Å². The van der Waals surface area contributed by atoms with E-state index >= 15 is 0 Å². The van der Waals surface area contributed by atoms with Crippen molar-refractivity contribution in [2.75, 3.05) is 6.61 Å². The molecule has 0 saturated carbocycles. The number of aliphatic hydroxyl groups excluding tert-OH is 1. The Morgan fingerprint density at radius 1 is 1.00 bits per heavy atom. The summed E-state index contributed by atoms with van der Waals surface area (Å²) in [6, 6.07) is 19.5. The summed E-state index contributed by atoms with van der Waals surface area (Å²) in [7, 11) is 0. The van der Waals surface area contributed by atoms with Crippen molar-refractivity contribution in [2.45, 2.75) is 38.8 Å². The van der Waals surface area contributed by atoms with E-state index in [0.717, 1.165) is 12.8 Å². The molecule has 0 saturated heterocycles. The van der Waals surface area contributed by atoms with Gasteiger partial charge in [0.2, 0.25) is 0 Å². The molecule has 2 atom stereocenters. The Hall–Kier alpha value is -1.64. The molecule has 0 spiro atoms. The Kier molecular flexibility index (Phi) is 5.97. The molecule has 0 heterocycles. The van der Waals surface area contributed by atoms with E-state index in [2.05, 4.69) is 67.7 Å². The minimum Gasteiger partial charge on any atom is -0.396 e. The molecule has 21 heavy (non-hydrogen) atoms. The van der Waals surface area contributed by atoms with Gasteiger partial charge in [0.25, 0.3) is 0 Å². The molecule has 0 aliphatic rings. The zero-order chi connectivity index (χ0) is 15.1. The maximum absolute atomic E-state index is 9.13. The molecule has 0 aliphatic heterocycles. The van der Waals surface area contributed by atoms with Gasteiger partial charge in [0, 0.05) is 18.7 Å². The summed E-state index contributed by atoms with van der Waals surface area (Å²) in [5.74, 6) is 0. The van der Waals surface area contributed by atoms with Crippen molar-refractivity contribution in [3.63, 3.8) is 0 Å². The Morgan fingerprint density at radius 3 is 2.33 bits per heavy atom. The molecule has 2 unspecified atom stereocenters. The highest BCUT2D eigenvalue weighted by Gasteiger charge is 2.15. The lowest BCUT2D eigenvalue weighted by molar-refractivity contribution is 0.272. The van der Waals surface area contributed by atoms with E-state index in [1.165, 1.54) is 16.7 Å². The van der Waals surface area contributed by atoms with Gasteiger partial charge in [0.15, 0.2) is 0 Å². The normalized spacial score (nSPS) is 13.9. The standard InChI is InChI=1S/C19H25NO/c1-15-9-6-7-12-18(15)16(2)20-19(13-8-14-21)17-10-4-3-5-11-17/h3-7,9-12,16,19-21H,8,13-14H2,1-2H3. The molecule has 2 heteroatoms. The van der Waals surface area contributed by atoms with Crippen molar-refractivity contribution in [3.8, 4) is 0 Å². The van der Waals surface area contributed by atoms with E-state index in [9.17, 15) is 0 Å². The highest BCUT2D eigenvalue weighted by Crippen LogP contribution is 2.24. The molecule has 0 bridgehead atoms. The van der Waals surface area contributed by atoms with Gasteiger partial charge in [0.1, 0.15) is 0 Å². The fraction of sp³-hybridized carbons (Fsp3) is 0.368. The van der Waals surface area contributed by atoms with Crippen LogP contribution in [0.4, 0.5) is 0 Å². The number of aliphatic hydroxyl groups is 1. The van der Waals surface area contributed by atoms with Crippen molar-refractivity contribution < 1.29 is 5.11 Å². The molecular weight excluding hydrogens is 258 g/mol. The SMILES string of the molecule is Cc1ccccc1C(C)NC(CCCO)c1ccccc1. The largest absolute Gasteiger partial charge is 0.396 e. The van der Waals surface area contributed by atoms with Crippen LogP contribution in [0.5, 0.6) is 0 Å². The molecule has 2 nitrogen and oxygen atoms in total. The van der Waals surface area contributed by atoms with Gasteiger partial charge in [-0.1, -0.05) is 54.6 Å². The quantitative estimate of drug-likeness (QED) is 0.799. The first-order valence-corrected chi connectivity index (χ1v) is 7.69. The topological polar surface area (TPSA) is 32.3 Å². The monoisotopic (exact) mass is 283 g/mol. The number of aryl methyl sites for hydroxylation is 1. The molecule has 2 aromatic rings. The third kappa shape index (κ3) is 4.42. The van der Waals surface area contributed by atoms with Gasteiger partial charge in [-0.25, -0.2) is 0 Å². The van der Waals surface area contributed by atoms with Gasteiger partial charge < -0.3 is 10.4 Å². The first kappa shape index (κ1) is 15.7. The van der Waals surface area contributed by atoms with E-state index in [1.54, 1.807) is 0 Å². The predicted octanol–water partition coefficient (Wildman–Crippen LogP) is 4.16. The van der Waals surface area contributed by atoms with E-state index in [1.807, 2.05) is 6.07 Å². The minimum atomic E-state index is 0.240. The van der Waals surface area contributed by atoms with Gasteiger partial charge in [-0.05, 0) is 43.4 Å². The fourth-order valence-electron chi connectivity index (χ4n) is 2.79. The van der Waals surface area contributed by atoms with Gasteiger partial charge in [0.05, 0.1) is 0 Å².